The van der Waals surface area contributed by atoms with E-state index in [1.165, 1.54) is 4.68 Å². The fraction of sp³-hybridized carbons (Fsp3) is 0.0556. The number of H-pyrrole nitrogens is 1. The Morgan fingerprint density at radius 2 is 1.87 bits per heavy atom. The molecule has 0 radical (unpaired) electrons. The molecule has 1 N–H and O–H groups in total. The van der Waals surface area contributed by atoms with Crippen LogP contribution in [0, 0.1) is 3.57 Å². The maximum Gasteiger partial charge on any atom is 0.279 e. The van der Waals surface area contributed by atoms with Gasteiger partial charge in [-0.05, 0) is 59.0 Å². The summed E-state index contributed by atoms with van der Waals surface area (Å²) in [5, 5.41) is 4.12. The third-order valence-electron chi connectivity index (χ3n) is 3.53. The van der Waals surface area contributed by atoms with E-state index in [1.807, 2.05) is 48.5 Å². The maximum atomic E-state index is 12.7. The Hall–Kier alpha value is -2.28. The minimum Gasteiger partial charge on any atom is -0.496 e. The lowest BCUT2D eigenvalue weighted by molar-refractivity contribution is 0.414. The number of hydrogen-bond donors (Lipinski definition) is 1. The van der Waals surface area contributed by atoms with Crippen LogP contribution in [-0.4, -0.2) is 16.9 Å². The fourth-order valence-corrected chi connectivity index (χ4v) is 2.72. The molecule has 5 heteroatoms. The second kappa shape index (κ2) is 6.45. The topological polar surface area (TPSA) is 47.0 Å². The van der Waals surface area contributed by atoms with Crippen molar-refractivity contribution in [3.05, 3.63) is 78.6 Å². The standard InChI is InChI=1S/C18H15IN2O2/c1-12-16(11-13-5-3-4-6-17(13)23-2)18(22)21(20-12)15-9-7-14(19)8-10-15/h3-11,20H,1H2,2H3/b16-11-. The summed E-state index contributed by atoms with van der Waals surface area (Å²) >= 11 is 2.23. The Balaban J connectivity index is 2.19. The van der Waals surface area contributed by atoms with Gasteiger partial charge >= 0.3 is 0 Å². The molecule has 23 heavy (non-hydrogen) atoms. The molecule has 0 saturated heterocycles. The summed E-state index contributed by atoms with van der Waals surface area (Å²) in [4.78, 5) is 12.7. The summed E-state index contributed by atoms with van der Waals surface area (Å²) < 4.78 is 7.94. The maximum absolute atomic E-state index is 12.7. The summed E-state index contributed by atoms with van der Waals surface area (Å²) in [6.07, 6.45) is 1.79. The van der Waals surface area contributed by atoms with E-state index in [1.54, 1.807) is 13.2 Å². The minimum absolute atomic E-state index is 0.137. The molecule has 0 aliphatic carbocycles. The van der Waals surface area contributed by atoms with Crippen LogP contribution in [0.25, 0.3) is 18.3 Å². The highest BCUT2D eigenvalue weighted by molar-refractivity contribution is 14.1. The molecule has 1 aromatic heterocycles. The van der Waals surface area contributed by atoms with Crippen molar-refractivity contribution in [2.75, 3.05) is 7.11 Å². The molecule has 0 fully saturated rings. The van der Waals surface area contributed by atoms with Gasteiger partial charge in [-0.1, -0.05) is 24.8 Å². The van der Waals surface area contributed by atoms with Crippen molar-refractivity contribution in [2.45, 2.75) is 0 Å². The number of rotatable bonds is 3. The molecule has 1 heterocycles. The van der Waals surface area contributed by atoms with Crippen molar-refractivity contribution in [1.82, 2.24) is 9.78 Å². The number of aromatic amines is 1. The number of benzene rings is 2. The van der Waals surface area contributed by atoms with Gasteiger partial charge in [0, 0.05) is 9.13 Å². The molecule has 0 amide bonds. The predicted octanol–water partition coefficient (Wildman–Crippen LogP) is 2.02. The van der Waals surface area contributed by atoms with Gasteiger partial charge in [0.1, 0.15) is 5.75 Å². The van der Waals surface area contributed by atoms with Crippen molar-refractivity contribution in [3.63, 3.8) is 0 Å². The summed E-state index contributed by atoms with van der Waals surface area (Å²) in [5.41, 5.74) is 1.48. The molecule has 3 rings (SSSR count). The normalized spacial score (nSPS) is 11.7. The predicted molar refractivity (Wildman–Crippen MR) is 100 cm³/mol. The number of nitrogens with zero attached hydrogens (tertiary/aromatic N) is 1. The summed E-state index contributed by atoms with van der Waals surface area (Å²) in [7, 11) is 1.61. The van der Waals surface area contributed by atoms with Gasteiger partial charge in [-0.3, -0.25) is 9.89 Å². The van der Waals surface area contributed by atoms with Crippen LogP contribution in [0.4, 0.5) is 0 Å². The van der Waals surface area contributed by atoms with E-state index >= 15 is 0 Å². The van der Waals surface area contributed by atoms with Crippen molar-refractivity contribution >= 4 is 35.2 Å². The van der Waals surface area contributed by atoms with E-state index in [2.05, 4.69) is 34.3 Å². The zero-order valence-electron chi connectivity index (χ0n) is 12.5. The fourth-order valence-electron chi connectivity index (χ4n) is 2.36. The zero-order valence-corrected chi connectivity index (χ0v) is 14.7. The smallest absolute Gasteiger partial charge is 0.279 e. The SMILES string of the molecule is C=c1[nH]n(-c2ccc(I)cc2)c(=O)/c1=C\c1ccccc1OC. The highest BCUT2D eigenvalue weighted by atomic mass is 127. The highest BCUT2D eigenvalue weighted by Gasteiger charge is 2.06. The van der Waals surface area contributed by atoms with Crippen LogP contribution in [0.3, 0.4) is 0 Å². The lowest BCUT2D eigenvalue weighted by Gasteiger charge is -2.02. The molecule has 0 bridgehead atoms. The Morgan fingerprint density at radius 3 is 2.57 bits per heavy atom. The van der Waals surface area contributed by atoms with Gasteiger partial charge in [0.25, 0.3) is 5.56 Å². The van der Waals surface area contributed by atoms with Crippen LogP contribution in [-0.2, 0) is 0 Å². The van der Waals surface area contributed by atoms with E-state index < -0.39 is 0 Å². The van der Waals surface area contributed by atoms with Crippen LogP contribution >= 0.6 is 22.6 Å². The Kier molecular flexibility index (Phi) is 4.38. The average Bonchev–Trinajstić information content (AvgIpc) is 2.84. The van der Waals surface area contributed by atoms with Gasteiger partial charge in [-0.25, -0.2) is 4.68 Å². The van der Waals surface area contributed by atoms with E-state index in [4.69, 9.17) is 4.74 Å². The molecule has 3 aromatic rings. The number of halogens is 1. The van der Waals surface area contributed by atoms with Gasteiger partial charge in [0.05, 0.1) is 23.4 Å². The van der Waals surface area contributed by atoms with E-state index in [9.17, 15) is 4.79 Å². The first kappa shape index (κ1) is 15.6. The average molecular weight is 418 g/mol. The van der Waals surface area contributed by atoms with Crippen LogP contribution in [0.15, 0.2) is 53.3 Å². The van der Waals surface area contributed by atoms with Crippen LogP contribution in [0.2, 0.25) is 0 Å². The third kappa shape index (κ3) is 3.10. The first-order valence-corrected chi connectivity index (χ1v) is 8.08. The van der Waals surface area contributed by atoms with Gasteiger partial charge < -0.3 is 4.74 Å². The quantitative estimate of drug-likeness (QED) is 0.662. The molecule has 0 saturated carbocycles. The second-order valence-electron chi connectivity index (χ2n) is 5.01. The van der Waals surface area contributed by atoms with Gasteiger partial charge in [0.15, 0.2) is 0 Å². The molecule has 4 nitrogen and oxygen atoms in total. The van der Waals surface area contributed by atoms with E-state index in [0.717, 1.165) is 14.8 Å². The van der Waals surface area contributed by atoms with Gasteiger partial charge in [0.2, 0.25) is 0 Å². The molecular formula is C18H15IN2O2. The van der Waals surface area contributed by atoms with Crippen molar-refractivity contribution in [1.29, 1.82) is 0 Å². The molecule has 0 aliphatic rings. The first-order chi connectivity index (χ1) is 11.1. The molecule has 0 spiro atoms. The summed E-state index contributed by atoms with van der Waals surface area (Å²) in [6.45, 7) is 3.95. The lowest BCUT2D eigenvalue weighted by atomic mass is 10.1. The van der Waals surface area contributed by atoms with Crippen molar-refractivity contribution in [3.8, 4) is 11.4 Å². The van der Waals surface area contributed by atoms with Crippen LogP contribution in [0.1, 0.15) is 5.56 Å². The monoisotopic (exact) mass is 418 g/mol. The van der Waals surface area contributed by atoms with E-state index in [0.29, 0.717) is 16.3 Å². The molecule has 2 aromatic carbocycles. The van der Waals surface area contributed by atoms with Gasteiger partial charge in [-0.15, -0.1) is 0 Å². The number of nitrogens with one attached hydrogen (secondary N) is 1. The summed E-state index contributed by atoms with van der Waals surface area (Å²) in [5.74, 6) is 0.716. The molecule has 0 atom stereocenters. The lowest BCUT2D eigenvalue weighted by Crippen LogP contribution is -2.34. The van der Waals surface area contributed by atoms with Crippen molar-refractivity contribution < 1.29 is 4.74 Å². The molecule has 0 aliphatic heterocycles. The largest absolute Gasteiger partial charge is 0.496 e. The third-order valence-corrected chi connectivity index (χ3v) is 4.25. The Bertz CT molecular complexity index is 1000. The van der Waals surface area contributed by atoms with E-state index in [-0.39, 0.29) is 5.56 Å². The summed E-state index contributed by atoms with van der Waals surface area (Å²) in [6, 6.07) is 15.3. The molecular weight excluding hydrogens is 403 g/mol. The highest BCUT2D eigenvalue weighted by Crippen LogP contribution is 2.17. The Labute approximate surface area is 146 Å². The number of hydrogen-bond acceptors (Lipinski definition) is 2. The number of methoxy groups -OCH3 is 1. The van der Waals surface area contributed by atoms with Gasteiger partial charge in [-0.2, -0.15) is 0 Å². The van der Waals surface area contributed by atoms with Crippen LogP contribution in [0.5, 0.6) is 5.75 Å². The van der Waals surface area contributed by atoms with Crippen molar-refractivity contribution in [2.24, 2.45) is 0 Å². The Morgan fingerprint density at radius 1 is 1.17 bits per heavy atom. The first-order valence-electron chi connectivity index (χ1n) is 7.01. The second-order valence-corrected chi connectivity index (χ2v) is 6.25. The minimum atomic E-state index is -0.137. The number of aromatic nitrogens is 2. The number of ether oxygens (including phenoxy) is 1. The van der Waals surface area contributed by atoms with Crippen LogP contribution < -0.4 is 20.9 Å². The number of para-hydroxylation sites is 1. The molecule has 0 unspecified atom stereocenters. The zero-order chi connectivity index (χ0) is 16.4. The molecule has 116 valence electrons.